The van der Waals surface area contributed by atoms with E-state index in [2.05, 4.69) is 10.3 Å². The predicted octanol–water partition coefficient (Wildman–Crippen LogP) is 0.387. The lowest BCUT2D eigenvalue weighted by Crippen LogP contribution is -2.39. The maximum Gasteiger partial charge on any atom is 0.289 e. The highest BCUT2D eigenvalue weighted by Crippen LogP contribution is 2.21. The molecular weight excluding hydrogens is 216 g/mol. The topological polar surface area (TPSA) is 50.2 Å². The molecule has 1 N–H and O–H groups in total. The van der Waals surface area contributed by atoms with Crippen molar-refractivity contribution in [3.05, 3.63) is 18.2 Å². The van der Waals surface area contributed by atoms with Crippen LogP contribution in [-0.4, -0.2) is 45.5 Å². The van der Waals surface area contributed by atoms with Gasteiger partial charge < -0.3 is 14.8 Å². The molecule has 1 amide bonds. The molecule has 5 nitrogen and oxygen atoms in total. The summed E-state index contributed by atoms with van der Waals surface area (Å²) in [6.07, 6.45) is 7.00. The molecule has 92 valence electrons. The summed E-state index contributed by atoms with van der Waals surface area (Å²) >= 11 is 0. The average molecular weight is 234 g/mol. The van der Waals surface area contributed by atoms with Crippen LogP contribution in [0.3, 0.4) is 0 Å². The number of amides is 1. The second-order valence-corrected chi connectivity index (χ2v) is 5.04. The highest BCUT2D eigenvalue weighted by molar-refractivity contribution is 5.90. The van der Waals surface area contributed by atoms with E-state index in [0.717, 1.165) is 19.5 Å². The van der Waals surface area contributed by atoms with Gasteiger partial charge in [0, 0.05) is 44.6 Å². The third-order valence-corrected chi connectivity index (χ3v) is 3.82. The summed E-state index contributed by atoms with van der Waals surface area (Å²) < 4.78 is 1.79. The lowest BCUT2D eigenvalue weighted by Gasteiger charge is -2.23. The quantitative estimate of drug-likeness (QED) is 0.764. The number of hydrogen-bond acceptors (Lipinski definition) is 3. The number of nitrogens with zero attached hydrogens (tertiary/aromatic N) is 3. The molecule has 2 aliphatic heterocycles. The van der Waals surface area contributed by atoms with Gasteiger partial charge in [-0.25, -0.2) is 4.98 Å². The first-order valence-electron chi connectivity index (χ1n) is 6.26. The Balaban J connectivity index is 1.76. The Kier molecular flexibility index (Phi) is 2.63. The van der Waals surface area contributed by atoms with Crippen LogP contribution in [0, 0.1) is 0 Å². The lowest BCUT2D eigenvalue weighted by atomic mass is 10.1. The molecule has 1 aromatic rings. The minimum absolute atomic E-state index is 0.0619. The molecule has 3 rings (SSSR count). The van der Waals surface area contributed by atoms with Crippen molar-refractivity contribution < 1.29 is 4.79 Å². The first kappa shape index (κ1) is 10.8. The summed E-state index contributed by atoms with van der Waals surface area (Å²) in [4.78, 5) is 18.4. The Hall–Kier alpha value is -1.36. The van der Waals surface area contributed by atoms with E-state index in [4.69, 9.17) is 0 Å². The number of imidazole rings is 1. The van der Waals surface area contributed by atoms with Gasteiger partial charge in [-0.3, -0.25) is 4.79 Å². The van der Waals surface area contributed by atoms with Gasteiger partial charge in [0.1, 0.15) is 0 Å². The molecule has 2 bridgehead atoms. The normalized spacial score (nSPS) is 28.2. The fourth-order valence-corrected chi connectivity index (χ4v) is 2.84. The molecule has 2 unspecified atom stereocenters. The Morgan fingerprint density at radius 1 is 1.41 bits per heavy atom. The van der Waals surface area contributed by atoms with Crippen molar-refractivity contribution >= 4 is 5.91 Å². The summed E-state index contributed by atoms with van der Waals surface area (Å²) in [5.41, 5.74) is 0. The maximum absolute atomic E-state index is 12.3. The second-order valence-electron chi connectivity index (χ2n) is 5.04. The third kappa shape index (κ3) is 1.95. The predicted molar refractivity (Wildman–Crippen MR) is 63.7 cm³/mol. The molecule has 2 fully saturated rings. The SMILES string of the molecule is Cn1ccnc1C(=O)N1CCC2CCC(C1)N2. The van der Waals surface area contributed by atoms with Crippen molar-refractivity contribution in [2.24, 2.45) is 7.05 Å². The van der Waals surface area contributed by atoms with Crippen LogP contribution in [0.5, 0.6) is 0 Å². The van der Waals surface area contributed by atoms with Crippen molar-refractivity contribution in [1.82, 2.24) is 19.8 Å². The smallest absolute Gasteiger partial charge is 0.289 e. The highest BCUT2D eigenvalue weighted by atomic mass is 16.2. The number of carbonyl (C=O) groups is 1. The van der Waals surface area contributed by atoms with Crippen LogP contribution in [0.25, 0.3) is 0 Å². The van der Waals surface area contributed by atoms with E-state index in [1.807, 2.05) is 18.1 Å². The van der Waals surface area contributed by atoms with Gasteiger partial charge in [-0.05, 0) is 19.3 Å². The van der Waals surface area contributed by atoms with Crippen molar-refractivity contribution in [1.29, 1.82) is 0 Å². The number of nitrogens with one attached hydrogen (secondary N) is 1. The monoisotopic (exact) mass is 234 g/mol. The summed E-state index contributed by atoms with van der Waals surface area (Å²) in [6, 6.07) is 1.09. The van der Waals surface area contributed by atoms with E-state index in [1.165, 1.54) is 12.8 Å². The zero-order valence-corrected chi connectivity index (χ0v) is 10.1. The third-order valence-electron chi connectivity index (χ3n) is 3.82. The molecule has 5 heteroatoms. The van der Waals surface area contributed by atoms with Crippen LogP contribution in [0.4, 0.5) is 0 Å². The molecular formula is C12H18N4O. The number of likely N-dealkylation sites (tertiary alicyclic amines) is 1. The van der Waals surface area contributed by atoms with Gasteiger partial charge in [0.25, 0.3) is 5.91 Å². The first-order chi connectivity index (χ1) is 8.24. The zero-order chi connectivity index (χ0) is 11.8. The molecule has 0 aromatic carbocycles. The number of carbonyl (C=O) groups excluding carboxylic acids is 1. The first-order valence-corrected chi connectivity index (χ1v) is 6.26. The molecule has 0 radical (unpaired) electrons. The van der Waals surface area contributed by atoms with E-state index in [0.29, 0.717) is 17.9 Å². The largest absolute Gasteiger partial charge is 0.334 e. The second kappa shape index (κ2) is 4.14. The van der Waals surface area contributed by atoms with Gasteiger partial charge in [-0.2, -0.15) is 0 Å². The van der Waals surface area contributed by atoms with Crippen LogP contribution in [0.15, 0.2) is 12.4 Å². The van der Waals surface area contributed by atoms with E-state index in [9.17, 15) is 4.79 Å². The van der Waals surface area contributed by atoms with Crippen LogP contribution < -0.4 is 5.32 Å². The van der Waals surface area contributed by atoms with E-state index >= 15 is 0 Å². The zero-order valence-electron chi connectivity index (χ0n) is 10.1. The van der Waals surface area contributed by atoms with Crippen LogP contribution in [0.1, 0.15) is 29.9 Å². The fraction of sp³-hybridized carbons (Fsp3) is 0.667. The minimum atomic E-state index is 0.0619. The summed E-state index contributed by atoms with van der Waals surface area (Å²) in [6.45, 7) is 1.67. The van der Waals surface area contributed by atoms with Crippen molar-refractivity contribution in [2.75, 3.05) is 13.1 Å². The van der Waals surface area contributed by atoms with Gasteiger partial charge in [-0.15, -0.1) is 0 Å². The Labute approximate surface area is 101 Å². The Morgan fingerprint density at radius 3 is 3.00 bits per heavy atom. The molecule has 17 heavy (non-hydrogen) atoms. The molecule has 1 aromatic heterocycles. The van der Waals surface area contributed by atoms with Gasteiger partial charge in [0.05, 0.1) is 0 Å². The molecule has 2 saturated heterocycles. The molecule has 0 spiro atoms. The van der Waals surface area contributed by atoms with Crippen molar-refractivity contribution in [2.45, 2.75) is 31.3 Å². The summed E-state index contributed by atoms with van der Waals surface area (Å²) in [7, 11) is 1.86. The van der Waals surface area contributed by atoms with Crippen LogP contribution in [0.2, 0.25) is 0 Å². The number of aryl methyl sites for hydroxylation is 1. The number of hydrogen-bond donors (Lipinski definition) is 1. The average Bonchev–Trinajstić information content (AvgIpc) is 2.84. The number of fused-ring (bicyclic) bond motifs is 2. The van der Waals surface area contributed by atoms with E-state index < -0.39 is 0 Å². The molecule has 3 heterocycles. The van der Waals surface area contributed by atoms with Crippen LogP contribution >= 0.6 is 0 Å². The van der Waals surface area contributed by atoms with Crippen molar-refractivity contribution in [3.63, 3.8) is 0 Å². The summed E-state index contributed by atoms with van der Waals surface area (Å²) in [5.74, 6) is 0.606. The molecule has 0 aliphatic carbocycles. The lowest BCUT2D eigenvalue weighted by molar-refractivity contribution is 0.0732. The van der Waals surface area contributed by atoms with Gasteiger partial charge in [0.15, 0.2) is 5.82 Å². The number of aromatic nitrogens is 2. The van der Waals surface area contributed by atoms with Gasteiger partial charge in [-0.1, -0.05) is 0 Å². The standard InChI is InChI=1S/C12H18N4O/c1-15-7-5-13-11(15)12(17)16-6-4-9-2-3-10(8-16)14-9/h5,7,9-10,14H,2-4,6,8H2,1H3. The van der Waals surface area contributed by atoms with Gasteiger partial charge in [0.2, 0.25) is 0 Å². The highest BCUT2D eigenvalue weighted by Gasteiger charge is 2.32. The van der Waals surface area contributed by atoms with Crippen LogP contribution in [-0.2, 0) is 7.05 Å². The minimum Gasteiger partial charge on any atom is -0.334 e. The molecule has 2 aliphatic rings. The fourth-order valence-electron chi connectivity index (χ4n) is 2.84. The summed E-state index contributed by atoms with van der Waals surface area (Å²) in [5, 5.41) is 3.58. The Bertz CT molecular complexity index is 428. The van der Waals surface area contributed by atoms with Gasteiger partial charge >= 0.3 is 0 Å². The number of rotatable bonds is 1. The molecule has 0 saturated carbocycles. The molecule has 2 atom stereocenters. The van der Waals surface area contributed by atoms with E-state index in [-0.39, 0.29) is 5.91 Å². The maximum atomic E-state index is 12.3. The van der Waals surface area contributed by atoms with E-state index in [1.54, 1.807) is 10.8 Å². The van der Waals surface area contributed by atoms with Crippen molar-refractivity contribution in [3.8, 4) is 0 Å². The Morgan fingerprint density at radius 2 is 2.24 bits per heavy atom.